The van der Waals surface area contributed by atoms with Gasteiger partial charge < -0.3 is 9.47 Å². The van der Waals surface area contributed by atoms with E-state index in [1.54, 1.807) is 6.92 Å². The smallest absolute Gasteiger partial charge is 0.416 e. The number of hydrogen-bond donors (Lipinski definition) is 1. The molecule has 0 fully saturated rings. The second-order valence-corrected chi connectivity index (χ2v) is 3.58. The largest absolute Gasteiger partial charge is 0.484 e. The van der Waals surface area contributed by atoms with Gasteiger partial charge in [0.25, 0.3) is 5.91 Å². The van der Waals surface area contributed by atoms with Gasteiger partial charge in [-0.1, -0.05) is 0 Å². The Balaban J connectivity index is 2.46. The molecule has 0 bridgehead atoms. The van der Waals surface area contributed by atoms with Crippen LogP contribution < -0.4 is 10.1 Å². The third-order valence-corrected chi connectivity index (χ3v) is 2.07. The van der Waals surface area contributed by atoms with E-state index in [1.807, 2.05) is 5.32 Å². The molecule has 0 saturated heterocycles. The Morgan fingerprint density at radius 1 is 1.20 bits per heavy atom. The maximum Gasteiger partial charge on any atom is 0.416 e. The number of carbonyl (C=O) groups excluding carboxylic acids is 2. The number of halogens is 3. The molecule has 8 heteroatoms. The van der Waals surface area contributed by atoms with Gasteiger partial charge in [-0.2, -0.15) is 13.2 Å². The summed E-state index contributed by atoms with van der Waals surface area (Å²) in [5, 5.41) is 1.88. The molecule has 0 unspecified atom stereocenters. The lowest BCUT2D eigenvalue weighted by molar-refractivity contribution is -0.137. The minimum absolute atomic E-state index is 0.0806. The highest BCUT2D eigenvalue weighted by molar-refractivity contribution is 5.92. The summed E-state index contributed by atoms with van der Waals surface area (Å²) >= 11 is 0. The van der Waals surface area contributed by atoms with Gasteiger partial charge in [-0.3, -0.25) is 10.1 Å². The van der Waals surface area contributed by atoms with E-state index in [-0.39, 0.29) is 12.4 Å². The van der Waals surface area contributed by atoms with Crippen LogP contribution in [-0.2, 0) is 15.7 Å². The third-order valence-electron chi connectivity index (χ3n) is 2.07. The molecule has 1 N–H and O–H groups in total. The first-order chi connectivity index (χ1) is 9.32. The molecule has 110 valence electrons. The highest BCUT2D eigenvalue weighted by atomic mass is 19.4. The van der Waals surface area contributed by atoms with Gasteiger partial charge in [0.1, 0.15) is 5.75 Å². The van der Waals surface area contributed by atoms with Crippen molar-refractivity contribution >= 4 is 12.0 Å². The molecule has 0 aliphatic heterocycles. The van der Waals surface area contributed by atoms with Crippen LogP contribution in [0.25, 0.3) is 0 Å². The minimum atomic E-state index is -4.43. The van der Waals surface area contributed by atoms with Gasteiger partial charge in [-0.05, 0) is 31.2 Å². The van der Waals surface area contributed by atoms with Crippen LogP contribution in [-0.4, -0.2) is 25.2 Å². The predicted molar refractivity (Wildman–Crippen MR) is 62.1 cm³/mol. The zero-order chi connectivity index (χ0) is 15.2. The Bertz CT molecular complexity index is 471. The molecular formula is C12H12F3NO4. The average Bonchev–Trinajstić information content (AvgIpc) is 2.36. The Hall–Kier alpha value is -2.25. The molecule has 0 atom stereocenters. The molecule has 1 aromatic rings. The summed E-state index contributed by atoms with van der Waals surface area (Å²) in [6, 6.07) is 3.83. The van der Waals surface area contributed by atoms with Crippen LogP contribution in [0.4, 0.5) is 18.0 Å². The summed E-state index contributed by atoms with van der Waals surface area (Å²) in [7, 11) is 0. The number of rotatable bonds is 4. The topological polar surface area (TPSA) is 64.6 Å². The standard InChI is InChI=1S/C12H12F3NO4/c1-2-19-11(18)16-10(17)7-20-9-5-3-8(4-6-9)12(13,14)15/h3-6H,2,7H2,1H3,(H,16,17,18). The van der Waals surface area contributed by atoms with Gasteiger partial charge in [-0.25, -0.2) is 4.79 Å². The molecule has 1 aromatic carbocycles. The first-order valence-electron chi connectivity index (χ1n) is 5.59. The molecule has 5 nitrogen and oxygen atoms in total. The average molecular weight is 291 g/mol. The number of benzene rings is 1. The van der Waals surface area contributed by atoms with Crippen molar-refractivity contribution in [3.63, 3.8) is 0 Å². The van der Waals surface area contributed by atoms with Crippen molar-refractivity contribution in [3.05, 3.63) is 29.8 Å². The molecule has 1 rings (SSSR count). The lowest BCUT2D eigenvalue weighted by atomic mass is 10.2. The van der Waals surface area contributed by atoms with Gasteiger partial charge in [0, 0.05) is 0 Å². The van der Waals surface area contributed by atoms with Crippen LogP contribution >= 0.6 is 0 Å². The molecule has 0 aromatic heterocycles. The second kappa shape index (κ2) is 6.78. The van der Waals surface area contributed by atoms with Gasteiger partial charge in [0.05, 0.1) is 12.2 Å². The van der Waals surface area contributed by atoms with E-state index in [0.29, 0.717) is 0 Å². The van der Waals surface area contributed by atoms with Crippen LogP contribution in [0, 0.1) is 0 Å². The molecule has 20 heavy (non-hydrogen) atoms. The Labute approximate surface area is 112 Å². The lowest BCUT2D eigenvalue weighted by Crippen LogP contribution is -2.34. The van der Waals surface area contributed by atoms with Gasteiger partial charge in [-0.15, -0.1) is 0 Å². The minimum Gasteiger partial charge on any atom is -0.484 e. The Morgan fingerprint density at radius 3 is 2.30 bits per heavy atom. The highest BCUT2D eigenvalue weighted by Gasteiger charge is 2.30. The second-order valence-electron chi connectivity index (χ2n) is 3.58. The maximum absolute atomic E-state index is 12.3. The van der Waals surface area contributed by atoms with Crippen LogP contribution in [0.5, 0.6) is 5.75 Å². The van der Waals surface area contributed by atoms with Crippen molar-refractivity contribution in [1.29, 1.82) is 0 Å². The van der Waals surface area contributed by atoms with Gasteiger partial charge in [0.15, 0.2) is 6.61 Å². The summed E-state index contributed by atoms with van der Waals surface area (Å²) in [4.78, 5) is 22.1. The zero-order valence-electron chi connectivity index (χ0n) is 10.5. The van der Waals surface area contributed by atoms with Crippen LogP contribution in [0.1, 0.15) is 12.5 Å². The van der Waals surface area contributed by atoms with Crippen molar-refractivity contribution < 1.29 is 32.2 Å². The number of alkyl carbamates (subject to hydrolysis) is 1. The number of ether oxygens (including phenoxy) is 2. The number of amides is 2. The summed E-state index contributed by atoms with van der Waals surface area (Å²) in [5.41, 5.74) is -0.819. The van der Waals surface area contributed by atoms with E-state index in [4.69, 9.17) is 4.74 Å². The lowest BCUT2D eigenvalue weighted by Gasteiger charge is -2.09. The molecule has 0 spiro atoms. The van der Waals surface area contributed by atoms with E-state index < -0.39 is 30.3 Å². The SMILES string of the molecule is CCOC(=O)NC(=O)COc1ccc(C(F)(F)F)cc1. The maximum atomic E-state index is 12.3. The predicted octanol–water partition coefficient (Wildman–Crippen LogP) is 2.36. The van der Waals surface area contributed by atoms with Crippen molar-refractivity contribution in [3.8, 4) is 5.75 Å². The van der Waals surface area contributed by atoms with Gasteiger partial charge >= 0.3 is 12.3 Å². The van der Waals surface area contributed by atoms with E-state index in [2.05, 4.69) is 4.74 Å². The van der Waals surface area contributed by atoms with E-state index in [0.717, 1.165) is 24.3 Å². The fourth-order valence-corrected chi connectivity index (χ4v) is 1.21. The van der Waals surface area contributed by atoms with Crippen LogP contribution in [0.15, 0.2) is 24.3 Å². The van der Waals surface area contributed by atoms with Crippen molar-refractivity contribution in [2.75, 3.05) is 13.2 Å². The van der Waals surface area contributed by atoms with E-state index >= 15 is 0 Å². The normalized spacial score (nSPS) is 10.8. The summed E-state index contributed by atoms with van der Waals surface area (Å²) < 4.78 is 46.3. The Morgan fingerprint density at radius 2 is 1.80 bits per heavy atom. The molecule has 0 heterocycles. The first-order valence-corrected chi connectivity index (χ1v) is 5.59. The van der Waals surface area contributed by atoms with E-state index in [1.165, 1.54) is 0 Å². The summed E-state index contributed by atoms with van der Waals surface area (Å²) in [6.07, 6.45) is -5.34. The molecule has 0 aliphatic carbocycles. The molecule has 2 amide bonds. The highest BCUT2D eigenvalue weighted by Crippen LogP contribution is 2.30. The summed E-state index contributed by atoms with van der Waals surface area (Å²) in [5.74, 6) is -0.680. The number of imide groups is 1. The van der Waals surface area contributed by atoms with Crippen molar-refractivity contribution in [1.82, 2.24) is 5.32 Å². The van der Waals surface area contributed by atoms with Crippen molar-refractivity contribution in [2.24, 2.45) is 0 Å². The molecule has 0 saturated carbocycles. The number of alkyl halides is 3. The van der Waals surface area contributed by atoms with E-state index in [9.17, 15) is 22.8 Å². The fraction of sp³-hybridized carbons (Fsp3) is 0.333. The number of carbonyl (C=O) groups is 2. The number of hydrogen-bond acceptors (Lipinski definition) is 4. The molecular weight excluding hydrogens is 279 g/mol. The monoisotopic (exact) mass is 291 g/mol. The zero-order valence-corrected chi connectivity index (χ0v) is 10.5. The summed E-state index contributed by atoms with van der Waals surface area (Å²) in [6.45, 7) is 1.17. The van der Waals surface area contributed by atoms with Crippen LogP contribution in [0.2, 0.25) is 0 Å². The number of nitrogens with one attached hydrogen (secondary N) is 1. The van der Waals surface area contributed by atoms with Crippen molar-refractivity contribution in [2.45, 2.75) is 13.1 Å². The molecule has 0 radical (unpaired) electrons. The fourth-order valence-electron chi connectivity index (χ4n) is 1.21. The van der Waals surface area contributed by atoms with Crippen LogP contribution in [0.3, 0.4) is 0 Å². The third kappa shape index (κ3) is 5.17. The first kappa shape index (κ1) is 15.8. The molecule has 0 aliphatic rings. The Kier molecular flexibility index (Phi) is 5.36. The quantitative estimate of drug-likeness (QED) is 0.925. The van der Waals surface area contributed by atoms with Gasteiger partial charge in [0.2, 0.25) is 0 Å².